The second-order valence-electron chi connectivity index (χ2n) is 1.82. The largest absolute Gasteiger partial charge is 0.319 e. The molecule has 0 atom stereocenters. The fraction of sp³-hybridized carbons (Fsp3) is 1.00. The number of nitrogens with zero attached hydrogens (tertiary/aromatic N) is 1. The summed E-state index contributed by atoms with van der Waals surface area (Å²) >= 11 is 2.47. The molecule has 0 saturated carbocycles. The number of hydrogen-bond donors (Lipinski definition) is 0. The van der Waals surface area contributed by atoms with Gasteiger partial charge in [-0.25, -0.2) is 0 Å². The van der Waals surface area contributed by atoms with Crippen molar-refractivity contribution in [2.45, 2.75) is 0 Å². The van der Waals surface area contributed by atoms with E-state index in [9.17, 15) is 0 Å². The highest BCUT2D eigenvalue weighted by Gasteiger charge is 2.23. The number of rotatable bonds is 0. The molecule has 0 radical (unpaired) electrons. The molecular weight excluding hydrogens is 188 g/mol. The van der Waals surface area contributed by atoms with Gasteiger partial charge in [-0.3, -0.25) is 0 Å². The lowest BCUT2D eigenvalue weighted by Gasteiger charge is -2.29. The van der Waals surface area contributed by atoms with Gasteiger partial charge in [-0.2, -0.15) is 0 Å². The molecule has 3 heteroatoms. The SMILES string of the molecule is CN1CB(I)C1. The van der Waals surface area contributed by atoms with Crippen LogP contribution in [0.4, 0.5) is 0 Å². The van der Waals surface area contributed by atoms with Crippen LogP contribution in [-0.2, 0) is 0 Å². The van der Waals surface area contributed by atoms with Crippen LogP contribution in [0.2, 0.25) is 0 Å². The van der Waals surface area contributed by atoms with Gasteiger partial charge in [0, 0.05) is 0 Å². The summed E-state index contributed by atoms with van der Waals surface area (Å²) in [6.07, 6.45) is 2.58. The van der Waals surface area contributed by atoms with Crippen LogP contribution in [0, 0.1) is 0 Å². The van der Waals surface area contributed by atoms with E-state index in [0.717, 1.165) is 4.57 Å². The topological polar surface area (TPSA) is 3.24 Å². The Bertz CT molecular complexity index is 46.8. The van der Waals surface area contributed by atoms with Crippen LogP contribution < -0.4 is 0 Å². The molecule has 1 aliphatic heterocycles. The van der Waals surface area contributed by atoms with E-state index in [1.54, 1.807) is 0 Å². The van der Waals surface area contributed by atoms with E-state index in [0.29, 0.717) is 0 Å². The first-order valence-electron chi connectivity index (χ1n) is 2.11. The molecule has 0 aliphatic carbocycles. The summed E-state index contributed by atoms with van der Waals surface area (Å²) in [6, 6.07) is 0. The summed E-state index contributed by atoms with van der Waals surface area (Å²) in [5.74, 6) is 0. The van der Waals surface area contributed by atoms with Gasteiger partial charge in [0.25, 0.3) is 0 Å². The Labute approximate surface area is 52.0 Å². The standard InChI is InChI=1S/C3H7BIN/c1-6-2-4(5)3-6/h2-3H2,1H3. The minimum atomic E-state index is 0.938. The van der Waals surface area contributed by atoms with E-state index in [2.05, 4.69) is 34.3 Å². The van der Waals surface area contributed by atoms with E-state index < -0.39 is 0 Å². The molecule has 1 nitrogen and oxygen atoms in total. The Morgan fingerprint density at radius 2 is 2.17 bits per heavy atom. The summed E-state index contributed by atoms with van der Waals surface area (Å²) in [4.78, 5) is 2.32. The van der Waals surface area contributed by atoms with Crippen molar-refractivity contribution in [3.8, 4) is 0 Å². The maximum atomic E-state index is 2.47. The average molecular weight is 195 g/mol. The summed E-state index contributed by atoms with van der Waals surface area (Å²) in [5.41, 5.74) is 0. The van der Waals surface area contributed by atoms with Crippen molar-refractivity contribution in [3.63, 3.8) is 0 Å². The molecule has 0 aromatic carbocycles. The highest BCUT2D eigenvalue weighted by Crippen LogP contribution is 2.07. The second-order valence-corrected chi connectivity index (χ2v) is 3.58. The molecule has 1 heterocycles. The highest BCUT2D eigenvalue weighted by atomic mass is 127. The van der Waals surface area contributed by atoms with E-state index in [1.165, 1.54) is 12.9 Å². The molecule has 1 rings (SSSR count). The normalized spacial score (nSPS) is 24.0. The van der Waals surface area contributed by atoms with Crippen LogP contribution in [-0.4, -0.2) is 29.4 Å². The Balaban J connectivity index is 2.11. The Morgan fingerprint density at radius 1 is 1.67 bits per heavy atom. The van der Waals surface area contributed by atoms with Crippen molar-refractivity contribution in [1.29, 1.82) is 0 Å². The average Bonchev–Trinajstić information content (AvgIpc) is 1.33. The van der Waals surface area contributed by atoms with Gasteiger partial charge in [-0.1, -0.05) is 0 Å². The lowest BCUT2D eigenvalue weighted by molar-refractivity contribution is 0.401. The van der Waals surface area contributed by atoms with Crippen molar-refractivity contribution in [2.24, 2.45) is 0 Å². The molecule has 6 heavy (non-hydrogen) atoms. The molecule has 0 amide bonds. The van der Waals surface area contributed by atoms with Crippen LogP contribution in [0.5, 0.6) is 0 Å². The Kier molecular flexibility index (Phi) is 1.39. The number of hydrogen-bond acceptors (Lipinski definition) is 1. The minimum absolute atomic E-state index is 0.938. The lowest BCUT2D eigenvalue weighted by Crippen LogP contribution is -2.48. The van der Waals surface area contributed by atoms with Gasteiger partial charge in [0.05, 0.1) is 0 Å². The fourth-order valence-electron chi connectivity index (χ4n) is 0.623. The monoisotopic (exact) mass is 195 g/mol. The first kappa shape index (κ1) is 4.90. The first-order chi connectivity index (χ1) is 2.79. The third-order valence-electron chi connectivity index (χ3n) is 1.02. The molecule has 1 fully saturated rings. The molecule has 0 unspecified atom stereocenters. The summed E-state index contributed by atoms with van der Waals surface area (Å²) < 4.78 is 0.938. The van der Waals surface area contributed by atoms with Gasteiger partial charge in [-0.05, 0) is 19.9 Å². The van der Waals surface area contributed by atoms with Gasteiger partial charge in [0.2, 0.25) is 4.57 Å². The van der Waals surface area contributed by atoms with E-state index in [1.807, 2.05) is 0 Å². The summed E-state index contributed by atoms with van der Waals surface area (Å²) in [6.45, 7) is 0. The summed E-state index contributed by atoms with van der Waals surface area (Å²) in [7, 11) is 2.15. The van der Waals surface area contributed by atoms with Gasteiger partial charge in [-0.15, -0.1) is 22.4 Å². The van der Waals surface area contributed by atoms with E-state index >= 15 is 0 Å². The third kappa shape index (κ3) is 0.875. The zero-order valence-electron chi connectivity index (χ0n) is 3.82. The van der Waals surface area contributed by atoms with Crippen molar-refractivity contribution in [3.05, 3.63) is 0 Å². The van der Waals surface area contributed by atoms with Crippen LogP contribution in [0.15, 0.2) is 0 Å². The maximum Gasteiger partial charge on any atom is 0.246 e. The van der Waals surface area contributed by atoms with Gasteiger partial charge in [0.1, 0.15) is 0 Å². The quantitative estimate of drug-likeness (QED) is 0.400. The number of halogens is 1. The zero-order chi connectivity index (χ0) is 4.57. The predicted octanol–water partition coefficient (Wildman–Crippen LogP) is 0.437. The smallest absolute Gasteiger partial charge is 0.246 e. The van der Waals surface area contributed by atoms with Crippen LogP contribution in [0.25, 0.3) is 0 Å². The molecule has 0 aromatic heterocycles. The van der Waals surface area contributed by atoms with Crippen molar-refractivity contribution < 1.29 is 0 Å². The van der Waals surface area contributed by atoms with Gasteiger partial charge < -0.3 is 4.90 Å². The predicted molar refractivity (Wildman–Crippen MR) is 37.3 cm³/mol. The van der Waals surface area contributed by atoms with Crippen LogP contribution in [0.3, 0.4) is 0 Å². The molecule has 1 saturated heterocycles. The van der Waals surface area contributed by atoms with Crippen molar-refractivity contribution in [2.75, 3.05) is 19.9 Å². The van der Waals surface area contributed by atoms with Crippen molar-refractivity contribution >= 4 is 26.9 Å². The Hall–Kier alpha value is 0.755. The minimum Gasteiger partial charge on any atom is -0.319 e. The maximum absolute atomic E-state index is 2.47. The van der Waals surface area contributed by atoms with Crippen LogP contribution >= 0.6 is 22.4 Å². The summed E-state index contributed by atoms with van der Waals surface area (Å²) in [5, 5.41) is 0. The zero-order valence-corrected chi connectivity index (χ0v) is 5.97. The lowest BCUT2D eigenvalue weighted by atomic mass is 9.69. The Morgan fingerprint density at radius 3 is 2.17 bits per heavy atom. The third-order valence-corrected chi connectivity index (χ3v) is 1.81. The molecule has 1 aliphatic rings. The first-order valence-corrected chi connectivity index (χ1v) is 3.36. The highest BCUT2D eigenvalue weighted by molar-refractivity contribution is 14.1. The molecule has 0 bridgehead atoms. The van der Waals surface area contributed by atoms with Crippen LogP contribution in [0.1, 0.15) is 0 Å². The molecule has 0 spiro atoms. The van der Waals surface area contributed by atoms with E-state index in [4.69, 9.17) is 0 Å². The molecular formula is C3H7BIN. The van der Waals surface area contributed by atoms with Gasteiger partial charge >= 0.3 is 0 Å². The van der Waals surface area contributed by atoms with Gasteiger partial charge in [0.15, 0.2) is 0 Å². The molecule has 34 valence electrons. The molecule has 0 aromatic rings. The van der Waals surface area contributed by atoms with Crippen molar-refractivity contribution in [1.82, 2.24) is 4.90 Å². The molecule has 0 N–H and O–H groups in total. The fourth-order valence-corrected chi connectivity index (χ4v) is 1.97. The second kappa shape index (κ2) is 1.70. The van der Waals surface area contributed by atoms with E-state index in [-0.39, 0.29) is 0 Å².